The van der Waals surface area contributed by atoms with E-state index in [9.17, 15) is 40.2 Å². The minimum Gasteiger partial charge on any atom is -0.497 e. The zero-order valence-corrected chi connectivity index (χ0v) is 24.8. The van der Waals surface area contributed by atoms with E-state index in [1.165, 1.54) is 6.08 Å². The molecule has 0 aliphatic carbocycles. The molecule has 0 bridgehead atoms. The molecule has 2 fully saturated rings. The van der Waals surface area contributed by atoms with Crippen LogP contribution in [0.1, 0.15) is 30.4 Å². The number of allylic oxidation sites excluding steroid dienone is 1. The number of hydrogen-bond donors (Lipinski definition) is 6. The number of aryl methyl sites for hydroxylation is 1. The molecule has 2 saturated heterocycles. The summed E-state index contributed by atoms with van der Waals surface area (Å²) in [6.45, 7) is -0.174. The van der Waals surface area contributed by atoms with Gasteiger partial charge < -0.3 is 49.6 Å². The van der Waals surface area contributed by atoms with Crippen LogP contribution in [0.15, 0.2) is 54.6 Å². The van der Waals surface area contributed by atoms with Crippen LogP contribution in [0, 0.1) is 0 Å². The van der Waals surface area contributed by atoms with E-state index in [4.69, 9.17) is 18.9 Å². The van der Waals surface area contributed by atoms with Crippen molar-refractivity contribution in [1.82, 2.24) is 0 Å². The molecule has 0 amide bonds. The van der Waals surface area contributed by atoms with Crippen LogP contribution in [0.4, 0.5) is 0 Å². The van der Waals surface area contributed by atoms with Crippen molar-refractivity contribution >= 4 is 17.6 Å². The van der Waals surface area contributed by atoms with Gasteiger partial charge in [0.1, 0.15) is 53.9 Å². The van der Waals surface area contributed by atoms with Crippen molar-refractivity contribution < 1.29 is 59.2 Å². The van der Waals surface area contributed by atoms with E-state index in [0.717, 1.165) is 22.6 Å². The normalized spacial score (nSPS) is 28.5. The molecule has 12 heteroatoms. The second-order valence-corrected chi connectivity index (χ2v) is 10.7. The van der Waals surface area contributed by atoms with Gasteiger partial charge in [-0.05, 0) is 47.9 Å². The maximum absolute atomic E-state index is 12.0. The van der Waals surface area contributed by atoms with Gasteiger partial charge in [0.2, 0.25) is 0 Å². The molecule has 2 heterocycles. The number of carbonyl (C=O) groups is 2. The molecule has 12 nitrogen and oxygen atoms in total. The maximum atomic E-state index is 12.0. The smallest absolute Gasteiger partial charge is 0.158 e. The Balaban J connectivity index is 0.000000240. The average molecular weight is 619 g/mol. The van der Waals surface area contributed by atoms with Gasteiger partial charge in [-0.2, -0.15) is 0 Å². The molecule has 2 aromatic rings. The monoisotopic (exact) mass is 618 g/mol. The summed E-state index contributed by atoms with van der Waals surface area (Å²) >= 11 is 0. The Morgan fingerprint density at radius 1 is 0.727 bits per heavy atom. The fraction of sp³-hybridized carbons (Fsp3) is 0.500. The molecular weight excluding hydrogens is 576 g/mol. The van der Waals surface area contributed by atoms with Gasteiger partial charge in [-0.1, -0.05) is 30.3 Å². The van der Waals surface area contributed by atoms with Gasteiger partial charge in [0.15, 0.2) is 5.78 Å². The Bertz CT molecular complexity index is 1200. The number of ether oxygens (including phenoxy) is 4. The quantitative estimate of drug-likeness (QED) is 0.188. The van der Waals surface area contributed by atoms with Crippen LogP contribution >= 0.6 is 0 Å². The molecule has 2 aromatic carbocycles. The predicted octanol–water partition coefficient (Wildman–Crippen LogP) is 0.218. The molecule has 8 atom stereocenters. The minimum atomic E-state index is -1.29. The third kappa shape index (κ3) is 10.5. The van der Waals surface area contributed by atoms with Crippen LogP contribution in [0.5, 0.6) is 11.5 Å². The molecule has 44 heavy (non-hydrogen) atoms. The first-order valence-electron chi connectivity index (χ1n) is 14.3. The van der Waals surface area contributed by atoms with E-state index in [2.05, 4.69) is 0 Å². The lowest BCUT2D eigenvalue weighted by Gasteiger charge is -2.34. The maximum Gasteiger partial charge on any atom is 0.158 e. The van der Waals surface area contributed by atoms with Crippen LogP contribution in [0.2, 0.25) is 0 Å². The fourth-order valence-corrected chi connectivity index (χ4v) is 4.67. The van der Waals surface area contributed by atoms with Gasteiger partial charge in [0.25, 0.3) is 0 Å². The number of benzene rings is 2. The second-order valence-electron chi connectivity index (χ2n) is 10.7. The van der Waals surface area contributed by atoms with Crippen LogP contribution < -0.4 is 9.47 Å². The van der Waals surface area contributed by atoms with Gasteiger partial charge in [-0.25, -0.2) is 0 Å². The molecular formula is C32H42O12. The van der Waals surface area contributed by atoms with Crippen molar-refractivity contribution in [1.29, 1.82) is 0 Å². The minimum absolute atomic E-state index is 0.0289. The van der Waals surface area contributed by atoms with Crippen molar-refractivity contribution in [3.63, 3.8) is 0 Å². The standard InChI is InChI=1S/C16H22O6.C16H20O6/c2*1-21-12-6-3-10(4-7-12)2-5-11(17)8-14-16(20)15(19)13(18)9-22-14/h3-4,6-7,13-16,18-20H,2,5,8-9H2,1H3;2-7,13-16,18-20H,8-9H2,1H3/b;5-2+. The van der Waals surface area contributed by atoms with Crippen LogP contribution in [-0.4, -0.2) is 118 Å². The number of hydrogen-bond acceptors (Lipinski definition) is 12. The number of ketones is 2. The van der Waals surface area contributed by atoms with E-state index in [1.807, 2.05) is 36.4 Å². The molecule has 2 aliphatic heterocycles. The topological polar surface area (TPSA) is 192 Å². The summed E-state index contributed by atoms with van der Waals surface area (Å²) in [5, 5.41) is 57.4. The fourth-order valence-electron chi connectivity index (χ4n) is 4.67. The van der Waals surface area contributed by atoms with E-state index >= 15 is 0 Å². The summed E-state index contributed by atoms with van der Waals surface area (Å²) in [5.74, 6) is 1.21. The summed E-state index contributed by atoms with van der Waals surface area (Å²) in [5.41, 5.74) is 1.87. The zero-order chi connectivity index (χ0) is 32.2. The van der Waals surface area contributed by atoms with Gasteiger partial charge in [-0.3, -0.25) is 9.59 Å². The number of aliphatic hydroxyl groups excluding tert-OH is 6. The molecule has 0 saturated carbocycles. The molecule has 0 aromatic heterocycles. The van der Waals surface area contributed by atoms with Gasteiger partial charge in [0, 0.05) is 19.3 Å². The van der Waals surface area contributed by atoms with E-state index in [0.29, 0.717) is 12.8 Å². The number of carbonyl (C=O) groups excluding carboxylic acids is 2. The molecule has 2 aliphatic rings. The highest BCUT2D eigenvalue weighted by molar-refractivity contribution is 5.93. The number of aliphatic hydroxyl groups is 6. The van der Waals surface area contributed by atoms with Gasteiger partial charge >= 0.3 is 0 Å². The van der Waals surface area contributed by atoms with Crippen molar-refractivity contribution in [3.8, 4) is 11.5 Å². The Labute approximate surface area is 256 Å². The molecule has 242 valence electrons. The lowest BCUT2D eigenvalue weighted by atomic mass is 9.95. The summed E-state index contributed by atoms with van der Waals surface area (Å²) in [6, 6.07) is 14.7. The Hall–Kier alpha value is -3.20. The molecule has 0 spiro atoms. The highest BCUT2D eigenvalue weighted by Crippen LogP contribution is 2.21. The lowest BCUT2D eigenvalue weighted by molar-refractivity contribution is -0.189. The number of rotatable bonds is 11. The van der Waals surface area contributed by atoms with Crippen LogP contribution in [0.25, 0.3) is 6.08 Å². The molecule has 4 rings (SSSR count). The van der Waals surface area contributed by atoms with Gasteiger partial charge in [-0.15, -0.1) is 0 Å². The van der Waals surface area contributed by atoms with Crippen molar-refractivity contribution in [2.24, 2.45) is 0 Å². The second kappa shape index (κ2) is 17.3. The van der Waals surface area contributed by atoms with E-state index in [1.54, 1.807) is 32.4 Å². The number of methoxy groups -OCH3 is 2. The first-order chi connectivity index (χ1) is 21.0. The SMILES string of the molecule is COc1ccc(/C=C/C(=O)CC2OCC(O)C(O)C2O)cc1.COc1ccc(CCC(=O)CC2OCC(O)C(O)C2O)cc1. The molecule has 8 unspecified atom stereocenters. The average Bonchev–Trinajstić information content (AvgIpc) is 3.04. The molecule has 6 N–H and O–H groups in total. The van der Waals surface area contributed by atoms with E-state index < -0.39 is 48.8 Å². The predicted molar refractivity (Wildman–Crippen MR) is 158 cm³/mol. The first kappa shape index (κ1) is 35.3. The zero-order valence-electron chi connectivity index (χ0n) is 24.8. The first-order valence-corrected chi connectivity index (χ1v) is 14.3. The van der Waals surface area contributed by atoms with Crippen molar-refractivity contribution in [3.05, 3.63) is 65.7 Å². The highest BCUT2D eigenvalue weighted by atomic mass is 16.5. The Kier molecular flexibility index (Phi) is 13.9. The van der Waals surface area contributed by atoms with E-state index in [-0.39, 0.29) is 37.6 Å². The number of Topliss-reactive ketones (excluding diaryl/α,β-unsaturated/α-hetero) is 1. The summed E-state index contributed by atoms with van der Waals surface area (Å²) in [6.07, 6.45) is -4.95. The highest BCUT2D eigenvalue weighted by Gasteiger charge is 2.39. The summed E-state index contributed by atoms with van der Waals surface area (Å²) in [4.78, 5) is 23.9. The third-order valence-corrected chi connectivity index (χ3v) is 7.47. The largest absolute Gasteiger partial charge is 0.497 e. The van der Waals surface area contributed by atoms with Crippen molar-refractivity contribution in [2.75, 3.05) is 27.4 Å². The summed E-state index contributed by atoms with van der Waals surface area (Å²) < 4.78 is 20.5. The van der Waals surface area contributed by atoms with Crippen LogP contribution in [-0.2, 0) is 25.5 Å². The van der Waals surface area contributed by atoms with Crippen LogP contribution in [0.3, 0.4) is 0 Å². The third-order valence-electron chi connectivity index (χ3n) is 7.47. The lowest BCUT2D eigenvalue weighted by Crippen LogP contribution is -2.53. The molecule has 0 radical (unpaired) electrons. The Morgan fingerprint density at radius 2 is 1.20 bits per heavy atom. The Morgan fingerprint density at radius 3 is 1.70 bits per heavy atom. The van der Waals surface area contributed by atoms with Crippen molar-refractivity contribution in [2.45, 2.75) is 74.5 Å². The summed E-state index contributed by atoms with van der Waals surface area (Å²) in [7, 11) is 3.18. The van der Waals surface area contributed by atoms with Gasteiger partial charge in [0.05, 0.1) is 39.6 Å².